The van der Waals surface area contributed by atoms with Crippen molar-refractivity contribution in [3.63, 3.8) is 0 Å². The van der Waals surface area contributed by atoms with Gasteiger partial charge in [0.2, 0.25) is 8.32 Å². The lowest BCUT2D eigenvalue weighted by atomic mass is 10.2. The van der Waals surface area contributed by atoms with Gasteiger partial charge in [0.05, 0.1) is 6.17 Å². The minimum atomic E-state index is -1.56. The molecule has 1 aromatic rings. The van der Waals surface area contributed by atoms with E-state index >= 15 is 0 Å². The molecule has 1 aromatic carbocycles. The fraction of sp³-hybridized carbons (Fsp3) is 0.417. The molecule has 1 rings (SSSR count). The molecular formula is C12H19NOSi. The van der Waals surface area contributed by atoms with Crippen LogP contribution < -0.4 is 0 Å². The second-order valence-electron chi connectivity index (χ2n) is 4.07. The molecular weight excluding hydrogens is 202 g/mol. The van der Waals surface area contributed by atoms with E-state index in [2.05, 4.69) is 30.2 Å². The molecule has 0 fully saturated rings. The summed E-state index contributed by atoms with van der Waals surface area (Å²) in [6.45, 7) is 7.22. The second-order valence-corrected chi connectivity index (χ2v) is 8.20. The van der Waals surface area contributed by atoms with Gasteiger partial charge >= 0.3 is 0 Å². The quantitative estimate of drug-likeness (QED) is 0.553. The van der Waals surface area contributed by atoms with Crippen molar-refractivity contribution in [1.29, 1.82) is 0 Å². The highest BCUT2D eigenvalue weighted by Gasteiger charge is 2.20. The Hall–Kier alpha value is -0.933. The van der Waals surface area contributed by atoms with E-state index in [1.165, 1.54) is 0 Å². The lowest BCUT2D eigenvalue weighted by Crippen LogP contribution is -2.34. The van der Waals surface area contributed by atoms with E-state index in [0.29, 0.717) is 0 Å². The first-order valence-corrected chi connectivity index (χ1v) is 8.44. The average Bonchev–Trinajstić information content (AvgIpc) is 2.19. The molecule has 0 saturated heterocycles. The van der Waals surface area contributed by atoms with Crippen molar-refractivity contribution < 1.29 is 4.43 Å². The van der Waals surface area contributed by atoms with E-state index in [1.54, 1.807) is 0 Å². The smallest absolute Gasteiger partial charge is 0.207 e. The highest BCUT2D eigenvalue weighted by atomic mass is 28.4. The third-order valence-electron chi connectivity index (χ3n) is 2.05. The molecule has 15 heavy (non-hydrogen) atoms. The number of nitrogens with zero attached hydrogens (tertiary/aromatic N) is 1. The Bertz CT molecular complexity index is 309. The molecule has 0 saturated carbocycles. The van der Waals surface area contributed by atoms with Gasteiger partial charge < -0.3 is 4.43 Å². The van der Waals surface area contributed by atoms with Crippen LogP contribution in [-0.4, -0.2) is 27.3 Å². The number of hydrogen-bond acceptors (Lipinski definition) is 2. The third kappa shape index (κ3) is 4.90. The van der Waals surface area contributed by atoms with Gasteiger partial charge in [0.15, 0.2) is 0 Å². The van der Waals surface area contributed by atoms with Gasteiger partial charge in [-0.05, 0) is 25.6 Å². The van der Waals surface area contributed by atoms with E-state index < -0.39 is 8.32 Å². The summed E-state index contributed by atoms with van der Waals surface area (Å²) in [5.74, 6) is 0. The van der Waals surface area contributed by atoms with Crippen molar-refractivity contribution in [2.24, 2.45) is 4.99 Å². The Morgan fingerprint density at radius 3 is 2.53 bits per heavy atom. The molecule has 0 radical (unpaired) electrons. The highest BCUT2D eigenvalue weighted by Crippen LogP contribution is 2.04. The van der Waals surface area contributed by atoms with Gasteiger partial charge in [-0.1, -0.05) is 30.3 Å². The summed E-state index contributed by atoms with van der Waals surface area (Å²) >= 11 is 0. The normalized spacial score (nSPS) is 12.2. The first kappa shape index (κ1) is 12.1. The van der Waals surface area contributed by atoms with Crippen LogP contribution in [0.4, 0.5) is 0 Å². The molecule has 0 atom stereocenters. The summed E-state index contributed by atoms with van der Waals surface area (Å²) in [5, 5.41) is 0. The summed E-state index contributed by atoms with van der Waals surface area (Å²) in [7, 11) is -1.56. The van der Waals surface area contributed by atoms with Crippen LogP contribution in [0, 0.1) is 0 Å². The minimum absolute atomic E-state index is 0.792. The second kappa shape index (κ2) is 5.83. The van der Waals surface area contributed by atoms with E-state index in [-0.39, 0.29) is 0 Å². The van der Waals surface area contributed by atoms with Crippen LogP contribution in [0.5, 0.6) is 0 Å². The maximum Gasteiger partial charge on any atom is 0.207 e. The van der Waals surface area contributed by atoms with Crippen LogP contribution in [-0.2, 0) is 4.43 Å². The number of aliphatic imine (C=N–C) groups is 1. The monoisotopic (exact) mass is 221 g/mol. The van der Waals surface area contributed by atoms with Gasteiger partial charge in [0.25, 0.3) is 0 Å². The predicted molar refractivity (Wildman–Crippen MR) is 68.0 cm³/mol. The van der Waals surface area contributed by atoms with Crippen LogP contribution in [0.15, 0.2) is 35.3 Å². The fourth-order valence-corrected chi connectivity index (χ4v) is 2.75. The van der Waals surface area contributed by atoms with Gasteiger partial charge in [0, 0.05) is 12.8 Å². The van der Waals surface area contributed by atoms with Gasteiger partial charge in [-0.15, -0.1) is 0 Å². The number of benzene rings is 1. The van der Waals surface area contributed by atoms with E-state index in [1.807, 2.05) is 31.3 Å². The molecule has 0 aliphatic rings. The Balaban J connectivity index is 2.46. The summed E-state index contributed by atoms with van der Waals surface area (Å²) in [6, 6.07) is 10.2. The van der Waals surface area contributed by atoms with Crippen molar-refractivity contribution >= 4 is 14.5 Å². The molecule has 82 valence electrons. The minimum Gasteiger partial charge on any atom is -0.416 e. The molecule has 0 spiro atoms. The zero-order valence-corrected chi connectivity index (χ0v) is 10.7. The molecule has 0 amide bonds. The van der Waals surface area contributed by atoms with E-state index in [0.717, 1.165) is 18.3 Å². The summed E-state index contributed by atoms with van der Waals surface area (Å²) in [6.07, 6.45) is 2.75. The Kier molecular flexibility index (Phi) is 4.72. The standard InChI is InChI=1S/C12H19NOSi/c1-4-14-15(2,3)11-13-10-12-8-6-5-7-9-12/h5-10H,4,11H2,1-3H3. The van der Waals surface area contributed by atoms with E-state index in [4.69, 9.17) is 4.43 Å². The van der Waals surface area contributed by atoms with Crippen molar-refractivity contribution in [3.8, 4) is 0 Å². The van der Waals surface area contributed by atoms with Crippen molar-refractivity contribution in [3.05, 3.63) is 35.9 Å². The fourth-order valence-electron chi connectivity index (χ4n) is 1.35. The van der Waals surface area contributed by atoms with Gasteiger partial charge in [0.1, 0.15) is 0 Å². The van der Waals surface area contributed by atoms with Gasteiger partial charge in [-0.3, -0.25) is 4.99 Å². The largest absolute Gasteiger partial charge is 0.416 e. The number of rotatable bonds is 5. The Morgan fingerprint density at radius 2 is 1.93 bits per heavy atom. The van der Waals surface area contributed by atoms with Crippen LogP contribution >= 0.6 is 0 Å². The van der Waals surface area contributed by atoms with Crippen LogP contribution in [0.25, 0.3) is 0 Å². The van der Waals surface area contributed by atoms with Crippen molar-refractivity contribution in [1.82, 2.24) is 0 Å². The molecule has 2 nitrogen and oxygen atoms in total. The molecule has 0 aromatic heterocycles. The van der Waals surface area contributed by atoms with Gasteiger partial charge in [-0.2, -0.15) is 0 Å². The van der Waals surface area contributed by atoms with Crippen LogP contribution in [0.3, 0.4) is 0 Å². The van der Waals surface area contributed by atoms with Crippen molar-refractivity contribution in [2.45, 2.75) is 20.0 Å². The maximum atomic E-state index is 5.69. The van der Waals surface area contributed by atoms with Gasteiger partial charge in [-0.25, -0.2) is 0 Å². The summed E-state index contributed by atoms with van der Waals surface area (Å²) in [5.41, 5.74) is 1.15. The lowest BCUT2D eigenvalue weighted by Gasteiger charge is -2.18. The first-order chi connectivity index (χ1) is 7.14. The summed E-state index contributed by atoms with van der Waals surface area (Å²) in [4.78, 5) is 4.44. The molecule has 0 heterocycles. The topological polar surface area (TPSA) is 21.6 Å². The number of hydrogen-bond donors (Lipinski definition) is 0. The van der Waals surface area contributed by atoms with E-state index in [9.17, 15) is 0 Å². The maximum absolute atomic E-state index is 5.69. The highest BCUT2D eigenvalue weighted by molar-refractivity contribution is 6.71. The lowest BCUT2D eigenvalue weighted by molar-refractivity contribution is 0.330. The predicted octanol–water partition coefficient (Wildman–Crippen LogP) is 2.89. The Morgan fingerprint density at radius 1 is 1.27 bits per heavy atom. The summed E-state index contributed by atoms with van der Waals surface area (Å²) < 4.78 is 5.69. The molecule has 0 N–H and O–H groups in total. The molecule has 0 unspecified atom stereocenters. The SMILES string of the molecule is CCO[Si](C)(C)CN=Cc1ccccc1. The average molecular weight is 221 g/mol. The van der Waals surface area contributed by atoms with Crippen LogP contribution in [0.1, 0.15) is 12.5 Å². The Labute approximate surface area is 93.1 Å². The molecule has 0 aliphatic heterocycles. The molecule has 0 bridgehead atoms. The zero-order chi connectivity index (χ0) is 11.1. The third-order valence-corrected chi connectivity index (χ3v) is 4.06. The van der Waals surface area contributed by atoms with Crippen molar-refractivity contribution in [2.75, 3.05) is 12.8 Å². The van der Waals surface area contributed by atoms with Crippen LogP contribution in [0.2, 0.25) is 13.1 Å². The first-order valence-electron chi connectivity index (χ1n) is 5.33. The zero-order valence-electron chi connectivity index (χ0n) is 9.73. The molecule has 0 aliphatic carbocycles. The molecule has 3 heteroatoms.